The second kappa shape index (κ2) is 5.15. The molecule has 3 heteroatoms. The van der Waals surface area contributed by atoms with Gasteiger partial charge in [0.2, 0.25) is 0 Å². The molecule has 14 heavy (non-hydrogen) atoms. The molecule has 0 spiro atoms. The van der Waals surface area contributed by atoms with Gasteiger partial charge in [0.25, 0.3) is 5.91 Å². The molecule has 82 valence electrons. The Morgan fingerprint density at radius 1 is 1.57 bits per heavy atom. The Balaban J connectivity index is 4.65. The summed E-state index contributed by atoms with van der Waals surface area (Å²) in [4.78, 5) is 13.6. The van der Waals surface area contributed by atoms with E-state index in [0.29, 0.717) is 6.54 Å². The molecule has 0 aliphatic carbocycles. The lowest BCUT2D eigenvalue weighted by Gasteiger charge is -2.36. The summed E-state index contributed by atoms with van der Waals surface area (Å²) in [6.07, 6.45) is 1.33. The Morgan fingerprint density at radius 3 is 2.36 bits per heavy atom. The molecule has 0 rings (SSSR count). The maximum atomic E-state index is 11.9. The van der Waals surface area contributed by atoms with Crippen molar-refractivity contribution in [2.45, 2.75) is 39.3 Å². The lowest BCUT2D eigenvalue weighted by molar-refractivity contribution is -0.145. The highest BCUT2D eigenvalue weighted by molar-refractivity contribution is 5.81. The van der Waals surface area contributed by atoms with Crippen molar-refractivity contribution < 1.29 is 9.53 Å². The van der Waals surface area contributed by atoms with E-state index in [0.717, 1.165) is 0 Å². The van der Waals surface area contributed by atoms with Crippen molar-refractivity contribution in [1.82, 2.24) is 4.90 Å². The first kappa shape index (κ1) is 13.2. The van der Waals surface area contributed by atoms with Gasteiger partial charge in [0.05, 0.1) is 0 Å². The molecule has 0 heterocycles. The van der Waals surface area contributed by atoms with E-state index in [9.17, 15) is 4.79 Å². The quantitative estimate of drug-likeness (QED) is 0.646. The summed E-state index contributed by atoms with van der Waals surface area (Å²) in [6, 6.07) is 0. The second-order valence-corrected chi connectivity index (χ2v) is 4.29. The molecule has 0 aromatic heterocycles. The molecule has 0 fully saturated rings. The van der Waals surface area contributed by atoms with E-state index in [4.69, 9.17) is 4.74 Å². The van der Waals surface area contributed by atoms with Crippen molar-refractivity contribution in [3.8, 4) is 0 Å². The van der Waals surface area contributed by atoms with Crippen LogP contribution < -0.4 is 0 Å². The lowest BCUT2D eigenvalue weighted by Crippen LogP contribution is -2.49. The Kier molecular flexibility index (Phi) is 4.85. The number of nitrogens with zero attached hydrogens (tertiary/aromatic N) is 1. The topological polar surface area (TPSA) is 29.5 Å². The third-order valence-electron chi connectivity index (χ3n) is 2.09. The van der Waals surface area contributed by atoms with Gasteiger partial charge < -0.3 is 9.64 Å². The lowest BCUT2D eigenvalue weighted by atomic mass is 10.1. The molecule has 0 saturated carbocycles. The van der Waals surface area contributed by atoms with E-state index >= 15 is 0 Å². The highest BCUT2D eigenvalue weighted by Gasteiger charge is 2.28. The van der Waals surface area contributed by atoms with Gasteiger partial charge >= 0.3 is 0 Å². The molecule has 0 N–H and O–H groups in total. The molecule has 3 nitrogen and oxygen atoms in total. The molecule has 0 bridgehead atoms. The smallest absolute Gasteiger partial charge is 0.252 e. The Morgan fingerprint density at radius 2 is 2.07 bits per heavy atom. The number of carbonyl (C=O) groups excluding carboxylic acids is 1. The third-order valence-corrected chi connectivity index (χ3v) is 2.09. The minimum Gasteiger partial charge on any atom is -0.372 e. The summed E-state index contributed by atoms with van der Waals surface area (Å²) in [5.74, 6) is -0.0000926. The number of amides is 1. The second-order valence-electron chi connectivity index (χ2n) is 4.29. The van der Waals surface area contributed by atoms with E-state index in [2.05, 4.69) is 6.58 Å². The van der Waals surface area contributed by atoms with Crippen molar-refractivity contribution in [3.05, 3.63) is 12.7 Å². The summed E-state index contributed by atoms with van der Waals surface area (Å²) < 4.78 is 5.01. The molecule has 1 unspecified atom stereocenters. The molecule has 0 aromatic rings. The van der Waals surface area contributed by atoms with Gasteiger partial charge in [-0.15, -0.1) is 6.58 Å². The van der Waals surface area contributed by atoms with Crippen LogP contribution in [0.2, 0.25) is 0 Å². The van der Waals surface area contributed by atoms with Crippen LogP contribution in [-0.2, 0) is 9.53 Å². The fourth-order valence-corrected chi connectivity index (χ4v) is 1.14. The number of ether oxygens (including phenoxy) is 1. The molecular formula is C11H21NO2. The predicted octanol–water partition coefficient (Wildman–Crippen LogP) is 1.83. The number of hydrogen-bond donors (Lipinski definition) is 0. The number of methoxy groups -OCH3 is 1. The zero-order valence-electron chi connectivity index (χ0n) is 9.83. The fourth-order valence-electron chi connectivity index (χ4n) is 1.14. The normalized spacial score (nSPS) is 13.5. The van der Waals surface area contributed by atoms with E-state index in [-0.39, 0.29) is 11.4 Å². The summed E-state index contributed by atoms with van der Waals surface area (Å²) in [7, 11) is 1.54. The van der Waals surface area contributed by atoms with Crippen LogP contribution in [0, 0.1) is 0 Å². The standard InChI is InChI=1S/C11H21NO2/c1-7-8-12(11(3,4)5)10(13)9(2)14-6/h7,9H,1,8H2,2-6H3. The molecule has 1 amide bonds. The van der Waals surface area contributed by atoms with Crippen molar-refractivity contribution >= 4 is 5.91 Å². The fraction of sp³-hybridized carbons (Fsp3) is 0.727. The van der Waals surface area contributed by atoms with E-state index in [1.807, 2.05) is 20.8 Å². The third kappa shape index (κ3) is 3.50. The van der Waals surface area contributed by atoms with Gasteiger partial charge in [-0.1, -0.05) is 6.08 Å². The van der Waals surface area contributed by atoms with Gasteiger partial charge in [0, 0.05) is 19.2 Å². The van der Waals surface area contributed by atoms with E-state index in [1.165, 1.54) is 7.11 Å². The van der Waals surface area contributed by atoms with Gasteiger partial charge in [0.15, 0.2) is 0 Å². The monoisotopic (exact) mass is 199 g/mol. The van der Waals surface area contributed by atoms with Crippen LogP contribution >= 0.6 is 0 Å². The van der Waals surface area contributed by atoms with E-state index in [1.54, 1.807) is 17.9 Å². The van der Waals surface area contributed by atoms with Gasteiger partial charge in [-0.05, 0) is 27.7 Å². The molecule has 0 aliphatic heterocycles. The highest BCUT2D eigenvalue weighted by Crippen LogP contribution is 2.15. The molecule has 0 saturated heterocycles. The van der Waals surface area contributed by atoms with Crippen LogP contribution in [0.15, 0.2) is 12.7 Å². The Labute approximate surface area is 86.7 Å². The Bertz CT molecular complexity index is 206. The molecule has 1 atom stereocenters. The average Bonchev–Trinajstić information content (AvgIpc) is 2.09. The SMILES string of the molecule is C=CCN(C(=O)C(C)OC)C(C)(C)C. The summed E-state index contributed by atoms with van der Waals surface area (Å²) >= 11 is 0. The average molecular weight is 199 g/mol. The molecular weight excluding hydrogens is 178 g/mol. The van der Waals surface area contributed by atoms with Crippen LogP contribution in [0.1, 0.15) is 27.7 Å². The van der Waals surface area contributed by atoms with Crippen molar-refractivity contribution in [2.75, 3.05) is 13.7 Å². The van der Waals surface area contributed by atoms with E-state index < -0.39 is 6.10 Å². The van der Waals surface area contributed by atoms with Crippen LogP contribution in [0.3, 0.4) is 0 Å². The Hall–Kier alpha value is -0.830. The minimum atomic E-state index is -0.394. The first-order valence-corrected chi connectivity index (χ1v) is 4.79. The number of rotatable bonds is 4. The maximum absolute atomic E-state index is 11.9. The van der Waals surface area contributed by atoms with Crippen molar-refractivity contribution in [3.63, 3.8) is 0 Å². The number of carbonyl (C=O) groups is 1. The molecule has 0 aromatic carbocycles. The molecule has 0 radical (unpaired) electrons. The van der Waals surface area contributed by atoms with Crippen LogP contribution in [0.25, 0.3) is 0 Å². The van der Waals surface area contributed by atoms with Crippen LogP contribution in [-0.4, -0.2) is 36.1 Å². The first-order valence-electron chi connectivity index (χ1n) is 4.79. The largest absolute Gasteiger partial charge is 0.372 e. The van der Waals surface area contributed by atoms with Gasteiger partial charge in [-0.2, -0.15) is 0 Å². The van der Waals surface area contributed by atoms with Crippen molar-refractivity contribution in [2.24, 2.45) is 0 Å². The van der Waals surface area contributed by atoms with Crippen LogP contribution in [0.5, 0.6) is 0 Å². The minimum absolute atomic E-state index is 0.0000926. The van der Waals surface area contributed by atoms with Crippen LogP contribution in [0.4, 0.5) is 0 Å². The highest BCUT2D eigenvalue weighted by atomic mass is 16.5. The zero-order valence-corrected chi connectivity index (χ0v) is 9.83. The summed E-state index contributed by atoms with van der Waals surface area (Å²) in [5, 5.41) is 0. The van der Waals surface area contributed by atoms with Gasteiger partial charge in [-0.3, -0.25) is 4.79 Å². The molecule has 0 aliphatic rings. The summed E-state index contributed by atoms with van der Waals surface area (Å²) in [5.41, 5.74) is -0.196. The van der Waals surface area contributed by atoms with Crippen molar-refractivity contribution in [1.29, 1.82) is 0 Å². The zero-order chi connectivity index (χ0) is 11.4. The predicted molar refractivity (Wildman–Crippen MR) is 58.1 cm³/mol. The summed E-state index contributed by atoms with van der Waals surface area (Å²) in [6.45, 7) is 11.9. The van der Waals surface area contributed by atoms with Gasteiger partial charge in [0.1, 0.15) is 6.10 Å². The first-order chi connectivity index (χ1) is 6.34. The van der Waals surface area contributed by atoms with Gasteiger partial charge in [-0.25, -0.2) is 0 Å². The number of hydrogen-bond acceptors (Lipinski definition) is 2. The maximum Gasteiger partial charge on any atom is 0.252 e.